The summed E-state index contributed by atoms with van der Waals surface area (Å²) in [7, 11) is 1.65. The minimum absolute atomic E-state index is 0.0553. The van der Waals surface area contributed by atoms with Crippen LogP contribution in [0.4, 0.5) is 0 Å². The van der Waals surface area contributed by atoms with Crippen LogP contribution in [0, 0.1) is 5.92 Å². The summed E-state index contributed by atoms with van der Waals surface area (Å²) in [6.45, 7) is 12.6. The number of carbonyl (C=O) groups excluding carboxylic acids is 1. The first-order valence-electron chi connectivity index (χ1n) is 10.0. The minimum atomic E-state index is -0.0553. The van der Waals surface area contributed by atoms with Crippen LogP contribution >= 0.6 is 0 Å². The molecule has 0 aliphatic carbocycles. The van der Waals surface area contributed by atoms with E-state index in [1.165, 1.54) is 0 Å². The molecule has 150 valence electrons. The van der Waals surface area contributed by atoms with Crippen molar-refractivity contribution in [2.75, 3.05) is 33.2 Å². The molecule has 1 fully saturated rings. The highest BCUT2D eigenvalue weighted by molar-refractivity contribution is 5.94. The molecule has 27 heavy (non-hydrogen) atoms. The van der Waals surface area contributed by atoms with Crippen LogP contribution < -0.4 is 16.0 Å². The normalized spacial score (nSPS) is 20.7. The molecule has 1 aliphatic heterocycles. The van der Waals surface area contributed by atoms with Crippen molar-refractivity contribution in [2.45, 2.75) is 46.2 Å². The van der Waals surface area contributed by atoms with Gasteiger partial charge < -0.3 is 16.0 Å². The first kappa shape index (κ1) is 21.2. The smallest absolute Gasteiger partial charge is 0.251 e. The number of rotatable bonds is 7. The fraction of sp³-hybridized carbons (Fsp3) is 0.619. The highest BCUT2D eigenvalue weighted by Gasteiger charge is 2.31. The SMILES string of the molecule is CCNC(=NCCc1cccc(C(=O)NC)c1)NC1CN(C(C)C)CC1C. The van der Waals surface area contributed by atoms with E-state index in [2.05, 4.69) is 48.5 Å². The van der Waals surface area contributed by atoms with E-state index in [0.717, 1.165) is 37.6 Å². The maximum atomic E-state index is 11.8. The first-order valence-corrected chi connectivity index (χ1v) is 10.0. The van der Waals surface area contributed by atoms with Crippen LogP contribution in [0.3, 0.4) is 0 Å². The molecule has 0 radical (unpaired) electrons. The van der Waals surface area contributed by atoms with Gasteiger partial charge in [-0.05, 0) is 50.8 Å². The van der Waals surface area contributed by atoms with Gasteiger partial charge in [-0.25, -0.2) is 0 Å². The number of likely N-dealkylation sites (tertiary alicyclic amines) is 1. The van der Waals surface area contributed by atoms with Gasteiger partial charge in [-0.3, -0.25) is 14.7 Å². The molecule has 2 rings (SSSR count). The lowest BCUT2D eigenvalue weighted by atomic mass is 10.1. The van der Waals surface area contributed by atoms with Crippen molar-refractivity contribution in [1.29, 1.82) is 0 Å². The lowest BCUT2D eigenvalue weighted by Gasteiger charge is -2.22. The van der Waals surface area contributed by atoms with Gasteiger partial charge in [0.05, 0.1) is 0 Å². The predicted octanol–water partition coefficient (Wildman–Crippen LogP) is 1.87. The summed E-state index contributed by atoms with van der Waals surface area (Å²) in [5, 5.41) is 9.63. The Morgan fingerprint density at radius 1 is 1.33 bits per heavy atom. The molecule has 2 atom stereocenters. The van der Waals surface area contributed by atoms with Crippen LogP contribution in [0.2, 0.25) is 0 Å². The second-order valence-electron chi connectivity index (χ2n) is 7.57. The topological polar surface area (TPSA) is 68.8 Å². The largest absolute Gasteiger partial charge is 0.357 e. The van der Waals surface area contributed by atoms with E-state index >= 15 is 0 Å². The maximum Gasteiger partial charge on any atom is 0.251 e. The lowest BCUT2D eigenvalue weighted by Crippen LogP contribution is -2.46. The van der Waals surface area contributed by atoms with Crippen molar-refractivity contribution in [3.05, 3.63) is 35.4 Å². The fourth-order valence-corrected chi connectivity index (χ4v) is 3.42. The Labute approximate surface area is 163 Å². The Kier molecular flexibility index (Phi) is 8.10. The third-order valence-corrected chi connectivity index (χ3v) is 5.12. The summed E-state index contributed by atoms with van der Waals surface area (Å²) in [5.41, 5.74) is 1.81. The van der Waals surface area contributed by atoms with E-state index in [1.54, 1.807) is 7.05 Å². The van der Waals surface area contributed by atoms with Crippen LogP contribution in [0.25, 0.3) is 0 Å². The number of nitrogens with one attached hydrogen (secondary N) is 3. The molecule has 1 heterocycles. The highest BCUT2D eigenvalue weighted by Crippen LogP contribution is 2.18. The Hall–Kier alpha value is -2.08. The van der Waals surface area contributed by atoms with Gasteiger partial charge in [0.2, 0.25) is 0 Å². The van der Waals surface area contributed by atoms with Crippen molar-refractivity contribution in [3.63, 3.8) is 0 Å². The van der Waals surface area contributed by atoms with Gasteiger partial charge in [0.15, 0.2) is 5.96 Å². The molecule has 2 unspecified atom stereocenters. The van der Waals surface area contributed by atoms with E-state index in [4.69, 9.17) is 4.99 Å². The Morgan fingerprint density at radius 3 is 2.74 bits per heavy atom. The van der Waals surface area contributed by atoms with Crippen LogP contribution in [-0.2, 0) is 6.42 Å². The molecule has 1 aromatic rings. The molecule has 1 amide bonds. The van der Waals surface area contributed by atoms with Crippen LogP contribution in [0.15, 0.2) is 29.3 Å². The second-order valence-corrected chi connectivity index (χ2v) is 7.57. The molecule has 1 saturated heterocycles. The van der Waals surface area contributed by atoms with Gasteiger partial charge in [0.1, 0.15) is 0 Å². The summed E-state index contributed by atoms with van der Waals surface area (Å²) in [4.78, 5) is 19.0. The molecular weight excluding hydrogens is 338 g/mol. The van der Waals surface area contributed by atoms with Crippen LogP contribution in [0.5, 0.6) is 0 Å². The number of amides is 1. The lowest BCUT2D eigenvalue weighted by molar-refractivity contribution is 0.0963. The van der Waals surface area contributed by atoms with Crippen LogP contribution in [0.1, 0.15) is 43.6 Å². The standard InChI is InChI=1S/C21H35N5O/c1-6-23-21(25-19-14-26(15(2)3)13-16(19)4)24-11-10-17-8-7-9-18(12-17)20(27)22-5/h7-9,12,15-16,19H,6,10-11,13-14H2,1-5H3,(H,22,27)(H2,23,24,25). The number of carbonyl (C=O) groups is 1. The molecular formula is C21H35N5O. The van der Waals surface area contributed by atoms with Gasteiger partial charge in [0.25, 0.3) is 5.91 Å². The number of hydrogen-bond acceptors (Lipinski definition) is 3. The number of guanidine groups is 1. The monoisotopic (exact) mass is 373 g/mol. The Balaban J connectivity index is 1.95. The summed E-state index contributed by atoms with van der Waals surface area (Å²) in [5.74, 6) is 1.42. The molecule has 0 aromatic heterocycles. The number of nitrogens with zero attached hydrogens (tertiary/aromatic N) is 2. The van der Waals surface area contributed by atoms with Crippen molar-refractivity contribution >= 4 is 11.9 Å². The minimum Gasteiger partial charge on any atom is -0.357 e. The average molecular weight is 374 g/mol. The Morgan fingerprint density at radius 2 is 2.11 bits per heavy atom. The predicted molar refractivity (Wildman–Crippen MR) is 112 cm³/mol. The summed E-state index contributed by atoms with van der Waals surface area (Å²) in [6.07, 6.45) is 0.805. The van der Waals surface area contributed by atoms with Crippen molar-refractivity contribution in [3.8, 4) is 0 Å². The average Bonchev–Trinajstić information content (AvgIpc) is 3.02. The molecule has 0 saturated carbocycles. The van der Waals surface area contributed by atoms with E-state index in [0.29, 0.717) is 30.1 Å². The van der Waals surface area contributed by atoms with E-state index in [9.17, 15) is 4.79 Å². The van der Waals surface area contributed by atoms with Crippen molar-refractivity contribution in [1.82, 2.24) is 20.9 Å². The molecule has 3 N–H and O–H groups in total. The van der Waals surface area contributed by atoms with E-state index < -0.39 is 0 Å². The van der Waals surface area contributed by atoms with Gasteiger partial charge in [-0.15, -0.1) is 0 Å². The number of benzene rings is 1. The number of aliphatic imine (C=N–C) groups is 1. The molecule has 6 nitrogen and oxygen atoms in total. The van der Waals surface area contributed by atoms with Gasteiger partial charge >= 0.3 is 0 Å². The summed E-state index contributed by atoms with van der Waals surface area (Å²) < 4.78 is 0. The molecule has 0 spiro atoms. The summed E-state index contributed by atoms with van der Waals surface area (Å²) in [6, 6.07) is 8.73. The van der Waals surface area contributed by atoms with Crippen molar-refractivity contribution in [2.24, 2.45) is 10.9 Å². The molecule has 1 aromatic carbocycles. The zero-order chi connectivity index (χ0) is 19.8. The van der Waals surface area contributed by atoms with E-state index in [-0.39, 0.29) is 5.91 Å². The Bertz CT molecular complexity index is 643. The third-order valence-electron chi connectivity index (χ3n) is 5.12. The zero-order valence-electron chi connectivity index (χ0n) is 17.4. The first-order chi connectivity index (χ1) is 12.9. The van der Waals surface area contributed by atoms with Gasteiger partial charge in [-0.1, -0.05) is 19.1 Å². The fourth-order valence-electron chi connectivity index (χ4n) is 3.42. The maximum absolute atomic E-state index is 11.8. The molecule has 0 bridgehead atoms. The summed E-state index contributed by atoms with van der Waals surface area (Å²) >= 11 is 0. The van der Waals surface area contributed by atoms with E-state index in [1.807, 2.05) is 24.3 Å². The van der Waals surface area contributed by atoms with Gasteiger partial charge in [-0.2, -0.15) is 0 Å². The molecule has 1 aliphatic rings. The zero-order valence-corrected chi connectivity index (χ0v) is 17.4. The molecule has 6 heteroatoms. The highest BCUT2D eigenvalue weighted by atomic mass is 16.1. The second kappa shape index (κ2) is 10.3. The van der Waals surface area contributed by atoms with Crippen LogP contribution in [-0.4, -0.2) is 62.1 Å². The number of hydrogen-bond donors (Lipinski definition) is 3. The third kappa shape index (κ3) is 6.24. The van der Waals surface area contributed by atoms with Gasteiger partial charge in [0, 0.05) is 50.9 Å². The van der Waals surface area contributed by atoms with Crippen molar-refractivity contribution < 1.29 is 4.79 Å². The quantitative estimate of drug-likeness (QED) is 0.504.